The average Bonchev–Trinajstić information content (AvgIpc) is 2.71. The summed E-state index contributed by atoms with van der Waals surface area (Å²) in [5.41, 5.74) is 3.49. The van der Waals surface area contributed by atoms with Gasteiger partial charge in [-0.15, -0.1) is 0 Å². The molecule has 4 rings (SSSR count). The smallest absolute Gasteiger partial charge is 0.251 e. The molecule has 1 amide bonds. The third-order valence-corrected chi connectivity index (χ3v) is 5.97. The molecule has 0 atom stereocenters. The van der Waals surface area contributed by atoms with Gasteiger partial charge in [0.15, 0.2) is 0 Å². The van der Waals surface area contributed by atoms with Crippen molar-refractivity contribution >= 4 is 27.6 Å². The summed E-state index contributed by atoms with van der Waals surface area (Å²) in [4.78, 5) is 20.9. The van der Waals surface area contributed by atoms with Crippen molar-refractivity contribution in [3.63, 3.8) is 0 Å². The standard InChI is InChI=1S/C21H21N5O3S/c1-21(2)12-24-19(27)16-7-6-13(10-17(16)21)18-8-9-23-20(26-18)25-14-4-3-5-15(11-14)30(22,28)29/h3-11H,12H2,1-2H3,(H,24,27)(H2,22,28,29)(H,23,25,26). The molecule has 1 aromatic heterocycles. The predicted molar refractivity (Wildman–Crippen MR) is 114 cm³/mol. The van der Waals surface area contributed by atoms with E-state index in [-0.39, 0.29) is 16.2 Å². The number of benzene rings is 2. The Labute approximate surface area is 174 Å². The van der Waals surface area contributed by atoms with E-state index in [1.54, 1.807) is 24.4 Å². The number of carbonyl (C=O) groups is 1. The van der Waals surface area contributed by atoms with E-state index in [4.69, 9.17) is 5.14 Å². The van der Waals surface area contributed by atoms with Crippen LogP contribution in [0.1, 0.15) is 29.8 Å². The summed E-state index contributed by atoms with van der Waals surface area (Å²) in [5.74, 6) is 0.240. The highest BCUT2D eigenvalue weighted by molar-refractivity contribution is 7.89. The van der Waals surface area contributed by atoms with Crippen molar-refractivity contribution < 1.29 is 13.2 Å². The van der Waals surface area contributed by atoms with Crippen LogP contribution in [-0.2, 0) is 15.4 Å². The molecule has 0 spiro atoms. The minimum absolute atomic E-state index is 0.00106. The summed E-state index contributed by atoms with van der Waals surface area (Å²) in [6, 6.07) is 13.6. The SMILES string of the molecule is CC1(C)CNC(=O)c2ccc(-c3ccnc(Nc4cccc(S(N)(=O)=O)c4)n3)cc21. The Balaban J connectivity index is 1.67. The Kier molecular flexibility index (Phi) is 4.79. The van der Waals surface area contributed by atoms with Crippen molar-refractivity contribution in [1.29, 1.82) is 0 Å². The predicted octanol–water partition coefficient (Wildman–Crippen LogP) is 2.56. The zero-order chi connectivity index (χ0) is 21.5. The van der Waals surface area contributed by atoms with E-state index in [1.807, 2.05) is 18.2 Å². The van der Waals surface area contributed by atoms with Gasteiger partial charge in [-0.05, 0) is 42.0 Å². The number of anilines is 2. The minimum Gasteiger partial charge on any atom is -0.351 e. The molecule has 0 radical (unpaired) electrons. The molecule has 154 valence electrons. The molecule has 4 N–H and O–H groups in total. The Morgan fingerprint density at radius 3 is 2.70 bits per heavy atom. The molecule has 0 aliphatic carbocycles. The maximum absolute atomic E-state index is 12.2. The third-order valence-electron chi connectivity index (χ3n) is 5.05. The fraction of sp³-hybridized carbons (Fsp3) is 0.190. The molecular formula is C21H21N5O3S. The van der Waals surface area contributed by atoms with Crippen LogP contribution in [0.15, 0.2) is 59.6 Å². The maximum Gasteiger partial charge on any atom is 0.251 e. The monoisotopic (exact) mass is 423 g/mol. The molecule has 0 saturated heterocycles. The van der Waals surface area contributed by atoms with Gasteiger partial charge in [-0.25, -0.2) is 23.5 Å². The van der Waals surface area contributed by atoms with Crippen LogP contribution in [-0.4, -0.2) is 30.8 Å². The van der Waals surface area contributed by atoms with Gasteiger partial charge in [0.1, 0.15) is 0 Å². The molecule has 1 aliphatic heterocycles. The lowest BCUT2D eigenvalue weighted by Crippen LogP contribution is -2.43. The van der Waals surface area contributed by atoms with Gasteiger partial charge >= 0.3 is 0 Å². The number of sulfonamides is 1. The molecule has 0 bridgehead atoms. The van der Waals surface area contributed by atoms with E-state index in [1.165, 1.54) is 12.1 Å². The Morgan fingerprint density at radius 1 is 1.13 bits per heavy atom. The van der Waals surface area contributed by atoms with E-state index in [0.29, 0.717) is 29.4 Å². The van der Waals surface area contributed by atoms with Crippen molar-refractivity contribution in [2.75, 3.05) is 11.9 Å². The summed E-state index contributed by atoms with van der Waals surface area (Å²) >= 11 is 0. The lowest BCUT2D eigenvalue weighted by atomic mass is 9.78. The molecule has 30 heavy (non-hydrogen) atoms. The quantitative estimate of drug-likeness (QED) is 0.592. The van der Waals surface area contributed by atoms with E-state index in [9.17, 15) is 13.2 Å². The van der Waals surface area contributed by atoms with Crippen LogP contribution in [0.3, 0.4) is 0 Å². The first-order valence-corrected chi connectivity index (χ1v) is 10.8. The van der Waals surface area contributed by atoms with Gasteiger partial charge in [0, 0.05) is 35.0 Å². The zero-order valence-electron chi connectivity index (χ0n) is 16.5. The molecule has 0 unspecified atom stereocenters. The normalized spacial score (nSPS) is 15.2. The van der Waals surface area contributed by atoms with Crippen LogP contribution < -0.4 is 15.8 Å². The molecule has 2 heterocycles. The van der Waals surface area contributed by atoms with Crippen molar-refractivity contribution in [1.82, 2.24) is 15.3 Å². The van der Waals surface area contributed by atoms with Crippen molar-refractivity contribution in [2.45, 2.75) is 24.2 Å². The number of nitrogens with two attached hydrogens (primary N) is 1. The number of nitrogens with one attached hydrogen (secondary N) is 2. The highest BCUT2D eigenvalue weighted by atomic mass is 32.2. The molecule has 0 saturated carbocycles. The van der Waals surface area contributed by atoms with Gasteiger partial charge in [0.2, 0.25) is 16.0 Å². The number of hydrogen-bond acceptors (Lipinski definition) is 6. The molecular weight excluding hydrogens is 402 g/mol. The van der Waals surface area contributed by atoms with Gasteiger partial charge in [0.05, 0.1) is 10.6 Å². The average molecular weight is 423 g/mol. The number of carbonyl (C=O) groups excluding carboxylic acids is 1. The third kappa shape index (κ3) is 3.89. The second kappa shape index (κ2) is 7.19. The van der Waals surface area contributed by atoms with E-state index < -0.39 is 10.0 Å². The molecule has 8 nitrogen and oxygen atoms in total. The first-order chi connectivity index (χ1) is 14.1. The number of fused-ring (bicyclic) bond motifs is 1. The van der Waals surface area contributed by atoms with Gasteiger partial charge in [-0.3, -0.25) is 4.79 Å². The second-order valence-electron chi connectivity index (χ2n) is 7.79. The number of primary sulfonamides is 1. The highest BCUT2D eigenvalue weighted by Crippen LogP contribution is 2.33. The van der Waals surface area contributed by atoms with Crippen molar-refractivity contribution in [3.8, 4) is 11.3 Å². The molecule has 1 aliphatic rings. The topological polar surface area (TPSA) is 127 Å². The van der Waals surface area contributed by atoms with Crippen molar-refractivity contribution in [3.05, 3.63) is 65.9 Å². The van der Waals surface area contributed by atoms with E-state index in [0.717, 1.165) is 11.1 Å². The number of aromatic nitrogens is 2. The lowest BCUT2D eigenvalue weighted by molar-refractivity contribution is 0.0930. The van der Waals surface area contributed by atoms with Crippen LogP contribution >= 0.6 is 0 Å². The highest BCUT2D eigenvalue weighted by Gasteiger charge is 2.31. The first-order valence-electron chi connectivity index (χ1n) is 9.29. The lowest BCUT2D eigenvalue weighted by Gasteiger charge is -2.32. The number of amides is 1. The number of rotatable bonds is 4. The summed E-state index contributed by atoms with van der Waals surface area (Å²) in [6.07, 6.45) is 1.62. The van der Waals surface area contributed by atoms with Crippen LogP contribution in [0.2, 0.25) is 0 Å². The molecule has 3 aromatic rings. The Bertz CT molecular complexity index is 1260. The van der Waals surface area contributed by atoms with Crippen LogP contribution in [0, 0.1) is 0 Å². The van der Waals surface area contributed by atoms with Gasteiger partial charge < -0.3 is 10.6 Å². The first kappa shape index (κ1) is 20.0. The minimum atomic E-state index is -3.81. The summed E-state index contributed by atoms with van der Waals surface area (Å²) < 4.78 is 23.1. The van der Waals surface area contributed by atoms with E-state index >= 15 is 0 Å². The largest absolute Gasteiger partial charge is 0.351 e. The fourth-order valence-electron chi connectivity index (χ4n) is 3.41. The number of nitrogens with zero attached hydrogens (tertiary/aromatic N) is 2. The van der Waals surface area contributed by atoms with Crippen LogP contribution in [0.4, 0.5) is 11.6 Å². The van der Waals surface area contributed by atoms with Crippen LogP contribution in [0.5, 0.6) is 0 Å². The van der Waals surface area contributed by atoms with E-state index in [2.05, 4.69) is 34.4 Å². The maximum atomic E-state index is 12.2. The van der Waals surface area contributed by atoms with Gasteiger partial charge in [-0.1, -0.05) is 26.0 Å². The van der Waals surface area contributed by atoms with Gasteiger partial charge in [-0.2, -0.15) is 0 Å². The molecule has 0 fully saturated rings. The summed E-state index contributed by atoms with van der Waals surface area (Å²) in [7, 11) is -3.81. The zero-order valence-corrected chi connectivity index (χ0v) is 17.3. The van der Waals surface area contributed by atoms with Crippen LogP contribution in [0.25, 0.3) is 11.3 Å². The Morgan fingerprint density at radius 2 is 1.93 bits per heavy atom. The second-order valence-corrected chi connectivity index (χ2v) is 9.35. The summed E-state index contributed by atoms with van der Waals surface area (Å²) in [6.45, 7) is 4.74. The Hall–Kier alpha value is -3.30. The van der Waals surface area contributed by atoms with Gasteiger partial charge in [0.25, 0.3) is 5.91 Å². The molecule has 2 aromatic carbocycles. The molecule has 9 heteroatoms. The number of hydrogen-bond donors (Lipinski definition) is 3. The fourth-order valence-corrected chi connectivity index (χ4v) is 3.97. The van der Waals surface area contributed by atoms with Crippen molar-refractivity contribution in [2.24, 2.45) is 5.14 Å². The summed E-state index contributed by atoms with van der Waals surface area (Å²) in [5, 5.41) is 11.1.